The van der Waals surface area contributed by atoms with Crippen molar-refractivity contribution in [1.82, 2.24) is 0 Å². The number of esters is 6. The highest BCUT2D eigenvalue weighted by Crippen LogP contribution is 2.60. The predicted octanol–water partition coefficient (Wildman–Crippen LogP) is 35.6. The summed E-state index contributed by atoms with van der Waals surface area (Å²) >= 11 is 0. The first-order valence-electron chi connectivity index (χ1n) is 65.8. The average molecular weight is 2100 g/mol. The van der Waals surface area contributed by atoms with Crippen molar-refractivity contribution in [1.29, 1.82) is 0 Å². The van der Waals surface area contributed by atoms with Crippen molar-refractivity contribution in [3.05, 3.63) is 0 Å². The van der Waals surface area contributed by atoms with Gasteiger partial charge < -0.3 is 56.8 Å². The van der Waals surface area contributed by atoms with Crippen LogP contribution in [-0.4, -0.2) is 112 Å². The lowest BCUT2D eigenvalue weighted by molar-refractivity contribution is -0.158. The molecule has 0 spiro atoms. The summed E-state index contributed by atoms with van der Waals surface area (Å²) < 4.78 is 85.9. The van der Waals surface area contributed by atoms with E-state index in [9.17, 15) is 28.8 Å². The van der Waals surface area contributed by atoms with Crippen LogP contribution in [0.3, 0.4) is 0 Å². The summed E-state index contributed by atoms with van der Waals surface area (Å²) in [5, 5.41) is 0. The molecular weight excluding hydrogens is 1870 g/mol. The van der Waals surface area contributed by atoms with Gasteiger partial charge in [-0.3, -0.25) is 28.8 Å². The van der Waals surface area contributed by atoms with E-state index in [1.165, 1.54) is 231 Å². The number of unbranched alkanes of at least 4 members (excludes halogenated alkanes) is 24. The van der Waals surface area contributed by atoms with Gasteiger partial charge in [-0.05, 0) is 379 Å². The lowest BCUT2D eigenvalue weighted by Gasteiger charge is -2.34. The van der Waals surface area contributed by atoms with Gasteiger partial charge >= 0.3 is 35.8 Å². The monoisotopic (exact) mass is 2100 g/mol. The van der Waals surface area contributed by atoms with E-state index in [0.29, 0.717) is 110 Å². The van der Waals surface area contributed by atoms with Gasteiger partial charge in [-0.2, -0.15) is 0 Å². The Labute approximate surface area is 914 Å². The molecule has 0 saturated heterocycles. The second kappa shape index (κ2) is 69.9. The summed E-state index contributed by atoms with van der Waals surface area (Å²) in [4.78, 5) is 85.6. The number of carbonyl (C=O) groups excluding carboxylic acids is 6. The van der Waals surface area contributed by atoms with Gasteiger partial charge in [0.1, 0.15) is 36.6 Å². The Balaban J connectivity index is 0.793. The van der Waals surface area contributed by atoms with Gasteiger partial charge in [0.25, 0.3) is 0 Å². The van der Waals surface area contributed by atoms with Crippen molar-refractivity contribution in [2.75, 3.05) is 39.6 Å². The Morgan fingerprint density at radius 3 is 0.380 bits per heavy atom. The first-order valence-corrected chi connectivity index (χ1v) is 65.8. The zero-order valence-corrected chi connectivity index (χ0v) is 96.8. The zero-order valence-electron chi connectivity index (χ0n) is 96.8. The van der Waals surface area contributed by atoms with Crippen LogP contribution in [0.4, 0.5) is 0 Å². The fourth-order valence-corrected chi connectivity index (χ4v) is 29.0. The van der Waals surface area contributed by atoms with Crippen LogP contribution in [0.1, 0.15) is 581 Å². The van der Waals surface area contributed by atoms with E-state index in [1.807, 2.05) is 0 Å². The number of ether oxygens (including phenoxy) is 12. The largest absolute Gasteiger partial charge is 0.486 e. The number of benzene rings is 1. The van der Waals surface area contributed by atoms with E-state index in [1.54, 1.807) is 0 Å². The van der Waals surface area contributed by atoms with Gasteiger partial charge in [0.2, 0.25) is 34.5 Å². The molecule has 1 aromatic rings. The molecule has 12 saturated carbocycles. The van der Waals surface area contributed by atoms with Crippen LogP contribution >= 0.6 is 0 Å². The Bertz CT molecular complexity index is 3150. The molecule has 858 valence electrons. The molecule has 1 aromatic carbocycles. The van der Waals surface area contributed by atoms with E-state index in [2.05, 4.69) is 41.5 Å². The van der Waals surface area contributed by atoms with Crippen LogP contribution in [0.15, 0.2) is 0 Å². The fourth-order valence-electron chi connectivity index (χ4n) is 29.0. The quantitative estimate of drug-likeness (QED) is 0.0337. The lowest BCUT2D eigenvalue weighted by atomic mass is 9.79. The van der Waals surface area contributed by atoms with Crippen molar-refractivity contribution in [3.8, 4) is 34.5 Å². The molecule has 0 radical (unpaired) electrons. The van der Waals surface area contributed by atoms with E-state index < -0.39 is 0 Å². The summed E-state index contributed by atoms with van der Waals surface area (Å²) in [5.74, 6) is 7.19. The van der Waals surface area contributed by atoms with Gasteiger partial charge in [-0.15, -0.1) is 0 Å². The van der Waals surface area contributed by atoms with Crippen LogP contribution in [0.2, 0.25) is 0 Å². The summed E-state index contributed by atoms with van der Waals surface area (Å²) in [5.41, 5.74) is 0. The number of hydrogen-bond donors (Lipinski definition) is 0. The van der Waals surface area contributed by atoms with E-state index in [-0.39, 0.29) is 143 Å². The molecule has 0 N–H and O–H groups in total. The molecule has 12 fully saturated rings. The third kappa shape index (κ3) is 42.9. The highest BCUT2D eigenvalue weighted by atomic mass is 16.6. The Kier molecular flexibility index (Phi) is 56.8. The molecule has 18 nitrogen and oxygen atoms in total. The van der Waals surface area contributed by atoms with Crippen LogP contribution in [0.25, 0.3) is 0 Å². The normalized spacial score (nSPS) is 30.6. The maximum atomic E-state index is 14.3. The molecule has 0 amide bonds. The summed E-state index contributed by atoms with van der Waals surface area (Å²) in [6, 6.07) is 0. The molecule has 0 bridgehead atoms. The highest BCUT2D eigenvalue weighted by Gasteiger charge is 2.43. The van der Waals surface area contributed by atoms with Crippen molar-refractivity contribution >= 4 is 35.8 Å². The second-order valence-electron chi connectivity index (χ2n) is 51.8. The van der Waals surface area contributed by atoms with E-state index in [0.717, 1.165) is 308 Å². The smallest absolute Gasteiger partial charge is 0.309 e. The average Bonchev–Trinajstić information content (AvgIpc) is 0.757. The Morgan fingerprint density at radius 2 is 0.260 bits per heavy atom. The van der Waals surface area contributed by atoms with Gasteiger partial charge in [-0.1, -0.05) is 273 Å². The second-order valence-corrected chi connectivity index (χ2v) is 51.8. The van der Waals surface area contributed by atoms with Gasteiger partial charge in [0, 0.05) is 0 Å². The number of hydrogen-bond acceptors (Lipinski definition) is 18. The minimum Gasteiger partial charge on any atom is -0.486 e. The maximum Gasteiger partial charge on any atom is 0.309 e. The van der Waals surface area contributed by atoms with Gasteiger partial charge in [0.05, 0.1) is 75.1 Å². The molecule has 0 aliphatic heterocycles. The highest BCUT2D eigenvalue weighted by molar-refractivity contribution is 5.76. The van der Waals surface area contributed by atoms with Crippen molar-refractivity contribution in [3.63, 3.8) is 0 Å². The Hall–Kier alpha value is -5.16. The molecule has 18 heteroatoms. The summed E-state index contributed by atoms with van der Waals surface area (Å²) in [7, 11) is 0. The minimum atomic E-state index is -0.154. The van der Waals surface area contributed by atoms with Crippen LogP contribution in [0.5, 0.6) is 34.5 Å². The fraction of sp³-hybridized carbons (Fsp3) is 0.909. The standard InChI is InChI=1S/C132H222O18/c1-7-13-19-25-31-37-97-43-67-109(68-44-97)127(133)145-115-79-55-103(56-80-115)91-139-121-122(140-92-104-57-81-116(82-58-104)146-128(134)110-69-45-98(46-70-110)38-32-26-20-14-8-2)124(142-94-106-61-85-118(86-62-106)148-130(136)112-73-49-100(50-74-112)40-34-28-22-16-10-4)126(144-96-108-65-89-120(90-66-108)150-132(138)114-77-53-102(54-78-114)42-36-30-24-18-12-6)125(143-95-107-63-87-119(88-64-107)149-131(137)113-75-51-101(52-76-113)41-35-29-23-17-11-5)123(121)141-93-105-59-83-117(84-60-105)147-129(135)111-71-47-99(48-72-111)39-33-27-21-15-9-3/h97-120H,7-96H2,1-6H3/t97-,98-,99-,100-,101-,102-,103-,104-,105-,106-,107-,108-,109-,110-,111-,112-,113-,114-,115-,116-,117-,118-,119-,120-. The Morgan fingerprint density at radius 1 is 0.147 bits per heavy atom. The third-order valence-electron chi connectivity index (χ3n) is 39.9. The van der Waals surface area contributed by atoms with Crippen molar-refractivity contribution in [2.24, 2.45) is 107 Å². The lowest BCUT2D eigenvalue weighted by Crippen LogP contribution is -2.32. The number of carbonyl (C=O) groups is 6. The molecule has 150 heavy (non-hydrogen) atoms. The first-order chi connectivity index (χ1) is 73.6. The predicted molar refractivity (Wildman–Crippen MR) is 603 cm³/mol. The molecule has 0 unspecified atom stereocenters. The molecule has 12 aliphatic carbocycles. The van der Waals surface area contributed by atoms with E-state index >= 15 is 0 Å². The van der Waals surface area contributed by atoms with Crippen LogP contribution in [0, 0.1) is 107 Å². The first kappa shape index (κ1) is 122. The zero-order chi connectivity index (χ0) is 105. The molecule has 12 aliphatic rings. The maximum absolute atomic E-state index is 14.3. The SMILES string of the molecule is CCCCCCC[C@H]1CC[C@H](C(=O)O[C@H]2CC[C@H](COc3c(OC[C@H]4CC[C@H](OC(=O)[C@H]5CC[C@H](CCCCCCC)CC5)CC4)c(OC[C@H]4CC[C@H](OC(=O)[C@H]5CC[C@H](CCCCCCC)CC5)CC4)c(OC[C@H]4CC[C@H](OC(=O)[C@H]5CC[C@H](CCCCCCC)CC5)CC4)c(OC[C@H]4CC[C@H](OC(=O)[C@H]5CC[C@H](CCCCCCC)CC5)CC4)c3OC[C@H]3CC[C@H](OC(=O)[C@H]4CC[C@H](CCCCCCC)CC4)CC3)CC2)CC1. The molecule has 0 atom stereocenters. The molecular formula is C132H222O18. The van der Waals surface area contributed by atoms with Crippen molar-refractivity contribution in [2.45, 2.75) is 618 Å². The van der Waals surface area contributed by atoms with Crippen LogP contribution < -0.4 is 28.4 Å². The van der Waals surface area contributed by atoms with Crippen molar-refractivity contribution < 1.29 is 85.6 Å². The topological polar surface area (TPSA) is 213 Å². The minimum absolute atomic E-state index is 0.0112. The van der Waals surface area contributed by atoms with E-state index in [4.69, 9.17) is 56.8 Å². The third-order valence-corrected chi connectivity index (χ3v) is 39.9. The molecule has 0 aromatic heterocycles. The molecule has 13 rings (SSSR count). The van der Waals surface area contributed by atoms with Crippen LogP contribution in [-0.2, 0) is 57.2 Å². The molecule has 0 heterocycles. The summed E-state index contributed by atoms with van der Waals surface area (Å²) in [6.45, 7) is 15.7. The van der Waals surface area contributed by atoms with Gasteiger partial charge in [0.15, 0.2) is 0 Å². The van der Waals surface area contributed by atoms with Gasteiger partial charge in [-0.25, -0.2) is 0 Å². The number of rotatable bonds is 66. The summed E-state index contributed by atoms with van der Waals surface area (Å²) in [6.07, 6.45) is 88.7.